The maximum atomic E-state index is 12.9. The molecule has 6 heteroatoms. The molecule has 0 saturated heterocycles. The van der Waals surface area contributed by atoms with Gasteiger partial charge in [-0.15, -0.1) is 0 Å². The summed E-state index contributed by atoms with van der Waals surface area (Å²) in [7, 11) is 0. The van der Waals surface area contributed by atoms with E-state index in [4.69, 9.17) is 14.2 Å². The number of esters is 3. The molecule has 0 fully saturated rings. The van der Waals surface area contributed by atoms with Crippen LogP contribution in [0.25, 0.3) is 0 Å². The van der Waals surface area contributed by atoms with E-state index in [0.717, 1.165) is 57.8 Å². The van der Waals surface area contributed by atoms with Crippen molar-refractivity contribution in [3.8, 4) is 0 Å². The molecule has 0 N–H and O–H groups in total. The number of unbranched alkanes of at least 4 members (excludes halogenated alkanes) is 48. The van der Waals surface area contributed by atoms with Gasteiger partial charge in [0.1, 0.15) is 13.2 Å². The van der Waals surface area contributed by atoms with Crippen LogP contribution in [-0.2, 0) is 28.6 Å². The van der Waals surface area contributed by atoms with Crippen LogP contribution in [0.3, 0.4) is 0 Å². The lowest BCUT2D eigenvalue weighted by Crippen LogP contribution is -2.30. The standard InChI is InChI=1S/C69H130O6/c1-4-7-10-13-16-19-22-25-28-31-34-35-36-39-41-44-47-50-53-56-59-62-68(71)74-65-66(75-69(72)63-60-57-54-51-48-45-42-38-33-30-27-24-21-18-15-12-9-6-3)64-73-67(70)61-58-55-52-49-46-43-40-37-32-29-26-23-20-17-14-11-8-5-2/h29-30,32-33,66H,4-28,31,34-65H2,1-3H3/b32-29-,33-30-. The summed E-state index contributed by atoms with van der Waals surface area (Å²) in [5.74, 6) is -0.848. The molecule has 0 aliphatic carbocycles. The largest absolute Gasteiger partial charge is 0.462 e. The lowest BCUT2D eigenvalue weighted by atomic mass is 10.0. The molecule has 0 aromatic rings. The molecule has 0 bridgehead atoms. The maximum absolute atomic E-state index is 12.9. The van der Waals surface area contributed by atoms with Crippen molar-refractivity contribution in [2.24, 2.45) is 0 Å². The molecule has 1 unspecified atom stereocenters. The molecule has 0 aliphatic heterocycles. The summed E-state index contributed by atoms with van der Waals surface area (Å²) in [4.78, 5) is 38.4. The summed E-state index contributed by atoms with van der Waals surface area (Å²) in [5, 5.41) is 0. The van der Waals surface area contributed by atoms with E-state index < -0.39 is 6.10 Å². The van der Waals surface area contributed by atoms with E-state index in [0.29, 0.717) is 19.3 Å². The smallest absolute Gasteiger partial charge is 0.306 e. The van der Waals surface area contributed by atoms with Crippen molar-refractivity contribution in [2.75, 3.05) is 13.2 Å². The molecule has 1 atom stereocenters. The minimum atomic E-state index is -0.773. The summed E-state index contributed by atoms with van der Waals surface area (Å²) in [5.41, 5.74) is 0. The Morgan fingerprint density at radius 2 is 0.440 bits per heavy atom. The van der Waals surface area contributed by atoms with Crippen LogP contribution in [0.5, 0.6) is 0 Å². The first-order chi connectivity index (χ1) is 37.0. The van der Waals surface area contributed by atoms with Crippen molar-refractivity contribution >= 4 is 17.9 Å². The van der Waals surface area contributed by atoms with Crippen molar-refractivity contribution in [1.82, 2.24) is 0 Å². The minimum Gasteiger partial charge on any atom is -0.462 e. The number of carbonyl (C=O) groups is 3. The van der Waals surface area contributed by atoms with E-state index in [2.05, 4.69) is 45.1 Å². The molecule has 0 aromatic carbocycles. The summed E-state index contributed by atoms with van der Waals surface area (Å²) in [6.07, 6.45) is 77.6. The summed E-state index contributed by atoms with van der Waals surface area (Å²) in [6.45, 7) is 6.71. The molecule has 0 amide bonds. The molecule has 0 aromatic heterocycles. The fraction of sp³-hybridized carbons (Fsp3) is 0.899. The Hall–Kier alpha value is -2.11. The molecular weight excluding hydrogens is 925 g/mol. The predicted molar refractivity (Wildman–Crippen MR) is 326 cm³/mol. The lowest BCUT2D eigenvalue weighted by molar-refractivity contribution is -0.167. The number of hydrogen-bond donors (Lipinski definition) is 0. The second-order valence-corrected chi connectivity index (χ2v) is 23.1. The number of allylic oxidation sites excluding steroid dienone is 4. The summed E-state index contributed by atoms with van der Waals surface area (Å²) in [6, 6.07) is 0. The van der Waals surface area contributed by atoms with Crippen molar-refractivity contribution in [2.45, 2.75) is 386 Å². The first-order valence-electron chi connectivity index (χ1n) is 33.8. The lowest BCUT2D eigenvalue weighted by Gasteiger charge is -2.18. The zero-order valence-electron chi connectivity index (χ0n) is 50.8. The number of carbonyl (C=O) groups excluding carboxylic acids is 3. The van der Waals surface area contributed by atoms with E-state index in [1.54, 1.807) is 0 Å². The van der Waals surface area contributed by atoms with Crippen LogP contribution >= 0.6 is 0 Å². The van der Waals surface area contributed by atoms with Crippen LogP contribution in [0.2, 0.25) is 0 Å². The van der Waals surface area contributed by atoms with Crippen LogP contribution in [0, 0.1) is 0 Å². The van der Waals surface area contributed by atoms with E-state index in [1.165, 1.54) is 283 Å². The molecule has 6 nitrogen and oxygen atoms in total. The van der Waals surface area contributed by atoms with Gasteiger partial charge in [0.25, 0.3) is 0 Å². The molecule has 442 valence electrons. The van der Waals surface area contributed by atoms with E-state index in [-0.39, 0.29) is 31.1 Å². The number of hydrogen-bond acceptors (Lipinski definition) is 6. The summed E-state index contributed by atoms with van der Waals surface area (Å²) >= 11 is 0. The van der Waals surface area contributed by atoms with Crippen LogP contribution in [-0.4, -0.2) is 37.2 Å². The Morgan fingerprint density at radius 3 is 0.667 bits per heavy atom. The number of ether oxygens (including phenoxy) is 3. The van der Waals surface area contributed by atoms with Crippen LogP contribution in [0.15, 0.2) is 24.3 Å². The Morgan fingerprint density at radius 1 is 0.253 bits per heavy atom. The highest BCUT2D eigenvalue weighted by Gasteiger charge is 2.19. The van der Waals surface area contributed by atoms with Gasteiger partial charge in [-0.1, -0.05) is 315 Å². The monoisotopic (exact) mass is 1050 g/mol. The number of rotatable bonds is 63. The van der Waals surface area contributed by atoms with Gasteiger partial charge < -0.3 is 14.2 Å². The normalized spacial score (nSPS) is 12.1. The molecule has 0 heterocycles. The third kappa shape index (κ3) is 62.6. The van der Waals surface area contributed by atoms with Gasteiger partial charge in [0, 0.05) is 19.3 Å². The minimum absolute atomic E-state index is 0.0690. The van der Waals surface area contributed by atoms with Crippen LogP contribution < -0.4 is 0 Å². The van der Waals surface area contributed by atoms with E-state index in [1.807, 2.05) is 0 Å². The Balaban J connectivity index is 4.31. The zero-order valence-corrected chi connectivity index (χ0v) is 50.8. The summed E-state index contributed by atoms with van der Waals surface area (Å²) < 4.78 is 17.0. The van der Waals surface area contributed by atoms with Crippen molar-refractivity contribution in [3.63, 3.8) is 0 Å². The van der Waals surface area contributed by atoms with Gasteiger partial charge in [0.05, 0.1) is 0 Å². The van der Waals surface area contributed by atoms with Gasteiger partial charge in [0.15, 0.2) is 6.10 Å². The third-order valence-electron chi connectivity index (χ3n) is 15.4. The Kier molecular flexibility index (Phi) is 62.6. The predicted octanol–water partition coefficient (Wildman–Crippen LogP) is 23.0. The topological polar surface area (TPSA) is 78.9 Å². The zero-order chi connectivity index (χ0) is 54.3. The molecule has 0 aliphatic rings. The Bertz CT molecular complexity index is 1210. The molecule has 0 spiro atoms. The Labute approximate surface area is 468 Å². The highest BCUT2D eigenvalue weighted by atomic mass is 16.6. The van der Waals surface area contributed by atoms with Gasteiger partial charge in [-0.25, -0.2) is 0 Å². The molecule has 0 rings (SSSR count). The first-order valence-corrected chi connectivity index (χ1v) is 33.8. The average molecular weight is 1060 g/mol. The highest BCUT2D eigenvalue weighted by molar-refractivity contribution is 5.71. The van der Waals surface area contributed by atoms with Gasteiger partial charge in [-0.2, -0.15) is 0 Å². The average Bonchev–Trinajstić information content (AvgIpc) is 3.41. The molecule has 75 heavy (non-hydrogen) atoms. The third-order valence-corrected chi connectivity index (χ3v) is 15.4. The van der Waals surface area contributed by atoms with Gasteiger partial charge in [-0.05, 0) is 70.6 Å². The molecular formula is C69H130O6. The second kappa shape index (κ2) is 64.4. The molecule has 0 saturated carbocycles. The van der Waals surface area contributed by atoms with Crippen molar-refractivity contribution < 1.29 is 28.6 Å². The van der Waals surface area contributed by atoms with Crippen LogP contribution in [0.4, 0.5) is 0 Å². The maximum Gasteiger partial charge on any atom is 0.306 e. The van der Waals surface area contributed by atoms with Crippen molar-refractivity contribution in [1.29, 1.82) is 0 Å². The highest BCUT2D eigenvalue weighted by Crippen LogP contribution is 2.18. The van der Waals surface area contributed by atoms with Gasteiger partial charge in [-0.3, -0.25) is 14.4 Å². The SMILES string of the molecule is CCCCCCCCC/C=C\CCCCCCCCCC(=O)OCC(COC(=O)CCCCCCCCCCCCCCCCCCCCCCC)OC(=O)CCCCCCCCC/C=C\CCCCCCCCC. The molecule has 0 radical (unpaired) electrons. The van der Waals surface area contributed by atoms with E-state index in [9.17, 15) is 14.4 Å². The quantitative estimate of drug-likeness (QED) is 0.0261. The van der Waals surface area contributed by atoms with E-state index >= 15 is 0 Å². The second-order valence-electron chi connectivity index (χ2n) is 23.1. The van der Waals surface area contributed by atoms with Crippen LogP contribution in [0.1, 0.15) is 380 Å². The fourth-order valence-electron chi connectivity index (χ4n) is 10.3. The van der Waals surface area contributed by atoms with Gasteiger partial charge in [0.2, 0.25) is 0 Å². The van der Waals surface area contributed by atoms with Gasteiger partial charge >= 0.3 is 17.9 Å². The van der Waals surface area contributed by atoms with Crippen molar-refractivity contribution in [3.05, 3.63) is 24.3 Å². The first kappa shape index (κ1) is 72.9. The fourth-order valence-corrected chi connectivity index (χ4v) is 10.3.